The minimum Gasteiger partial charge on any atom is -0.357 e. The summed E-state index contributed by atoms with van der Waals surface area (Å²) in [6, 6.07) is 10.3. The van der Waals surface area contributed by atoms with E-state index in [0.29, 0.717) is 23.6 Å². The van der Waals surface area contributed by atoms with E-state index in [0.717, 1.165) is 6.54 Å². The van der Waals surface area contributed by atoms with Crippen molar-refractivity contribution in [2.24, 2.45) is 4.99 Å². The molecule has 0 radical (unpaired) electrons. The third kappa shape index (κ3) is 4.57. The Balaban J connectivity index is 2.04. The SMILES string of the molecule is CCNC(=NCc1cc(C#N)ccc1F)NCc1cccs1. The fraction of sp³-hybridized carbons (Fsp3) is 0.250. The summed E-state index contributed by atoms with van der Waals surface area (Å²) in [5.41, 5.74) is 0.843. The molecule has 0 aliphatic rings. The summed E-state index contributed by atoms with van der Waals surface area (Å²) in [6.07, 6.45) is 0. The average molecular weight is 316 g/mol. The largest absolute Gasteiger partial charge is 0.357 e. The molecular formula is C16H17FN4S. The molecule has 1 heterocycles. The van der Waals surface area contributed by atoms with Crippen molar-refractivity contribution in [1.29, 1.82) is 5.26 Å². The fourth-order valence-electron chi connectivity index (χ4n) is 1.86. The van der Waals surface area contributed by atoms with Crippen LogP contribution in [0.1, 0.15) is 22.9 Å². The molecule has 0 saturated carbocycles. The number of nitrogens with zero attached hydrogens (tertiary/aromatic N) is 2. The Hall–Kier alpha value is -2.39. The van der Waals surface area contributed by atoms with Crippen LogP contribution in [-0.2, 0) is 13.1 Å². The van der Waals surface area contributed by atoms with Gasteiger partial charge in [-0.05, 0) is 36.6 Å². The van der Waals surface area contributed by atoms with E-state index >= 15 is 0 Å². The number of guanidine groups is 1. The predicted molar refractivity (Wildman–Crippen MR) is 87.1 cm³/mol. The molecule has 0 amide bonds. The van der Waals surface area contributed by atoms with E-state index < -0.39 is 0 Å². The number of aliphatic imine (C=N–C) groups is 1. The second-order valence-electron chi connectivity index (χ2n) is 4.55. The molecule has 0 saturated heterocycles. The molecule has 0 unspecified atom stereocenters. The Morgan fingerprint density at radius 2 is 2.23 bits per heavy atom. The molecule has 22 heavy (non-hydrogen) atoms. The van der Waals surface area contributed by atoms with Gasteiger partial charge in [-0.2, -0.15) is 5.26 Å². The fourth-order valence-corrected chi connectivity index (χ4v) is 2.50. The molecule has 2 aromatic rings. The van der Waals surface area contributed by atoms with Crippen molar-refractivity contribution >= 4 is 17.3 Å². The van der Waals surface area contributed by atoms with Gasteiger partial charge in [0, 0.05) is 17.0 Å². The monoisotopic (exact) mass is 316 g/mol. The van der Waals surface area contributed by atoms with Gasteiger partial charge in [-0.25, -0.2) is 9.38 Å². The van der Waals surface area contributed by atoms with E-state index in [-0.39, 0.29) is 12.4 Å². The zero-order chi connectivity index (χ0) is 15.8. The minimum absolute atomic E-state index is 0.182. The quantitative estimate of drug-likeness (QED) is 0.658. The van der Waals surface area contributed by atoms with E-state index in [1.54, 1.807) is 11.3 Å². The van der Waals surface area contributed by atoms with Crippen LogP contribution in [0, 0.1) is 17.1 Å². The Labute approximate surface area is 133 Å². The Morgan fingerprint density at radius 3 is 2.91 bits per heavy atom. The number of rotatable bonds is 5. The molecule has 0 aliphatic heterocycles. The second-order valence-corrected chi connectivity index (χ2v) is 5.58. The molecule has 114 valence electrons. The molecule has 0 aliphatic carbocycles. The normalized spacial score (nSPS) is 11.0. The highest BCUT2D eigenvalue weighted by atomic mass is 32.1. The molecule has 0 fully saturated rings. The summed E-state index contributed by atoms with van der Waals surface area (Å²) in [7, 11) is 0. The summed E-state index contributed by atoms with van der Waals surface area (Å²) >= 11 is 1.66. The van der Waals surface area contributed by atoms with E-state index in [4.69, 9.17) is 5.26 Å². The topological polar surface area (TPSA) is 60.2 Å². The van der Waals surface area contributed by atoms with Crippen LogP contribution >= 0.6 is 11.3 Å². The van der Waals surface area contributed by atoms with Crippen LogP contribution in [-0.4, -0.2) is 12.5 Å². The summed E-state index contributed by atoms with van der Waals surface area (Å²) in [4.78, 5) is 5.57. The van der Waals surface area contributed by atoms with Gasteiger partial charge in [0.15, 0.2) is 5.96 Å². The first-order valence-corrected chi connectivity index (χ1v) is 7.84. The third-order valence-electron chi connectivity index (χ3n) is 2.94. The highest BCUT2D eigenvalue weighted by Crippen LogP contribution is 2.11. The summed E-state index contributed by atoms with van der Waals surface area (Å²) in [6.45, 7) is 3.54. The lowest BCUT2D eigenvalue weighted by Gasteiger charge is -2.10. The Morgan fingerprint density at radius 1 is 1.36 bits per heavy atom. The number of benzene rings is 1. The highest BCUT2D eigenvalue weighted by Gasteiger charge is 2.04. The van der Waals surface area contributed by atoms with E-state index in [2.05, 4.69) is 15.6 Å². The van der Waals surface area contributed by atoms with E-state index in [1.807, 2.05) is 30.5 Å². The van der Waals surface area contributed by atoms with Crippen LogP contribution in [0.25, 0.3) is 0 Å². The van der Waals surface area contributed by atoms with Crippen LogP contribution in [0.4, 0.5) is 4.39 Å². The lowest BCUT2D eigenvalue weighted by atomic mass is 10.1. The maximum absolute atomic E-state index is 13.7. The van der Waals surface area contributed by atoms with Gasteiger partial charge in [-0.1, -0.05) is 6.07 Å². The standard InChI is InChI=1S/C16H17FN4S/c1-2-19-16(21-11-14-4-3-7-22-14)20-10-13-8-12(9-18)5-6-15(13)17/h3-8H,2,10-11H2,1H3,(H2,19,20,21). The van der Waals surface area contributed by atoms with Crippen molar-refractivity contribution in [1.82, 2.24) is 10.6 Å². The molecule has 1 aromatic carbocycles. The average Bonchev–Trinajstić information content (AvgIpc) is 3.05. The molecular weight excluding hydrogens is 299 g/mol. The molecule has 1 aromatic heterocycles. The van der Waals surface area contributed by atoms with Gasteiger partial charge < -0.3 is 10.6 Å². The van der Waals surface area contributed by atoms with Crippen molar-refractivity contribution in [2.45, 2.75) is 20.0 Å². The number of hydrogen-bond acceptors (Lipinski definition) is 3. The molecule has 2 rings (SSSR count). The number of nitriles is 1. The number of halogens is 1. The maximum atomic E-state index is 13.7. The lowest BCUT2D eigenvalue weighted by molar-refractivity contribution is 0.610. The minimum atomic E-state index is -0.350. The number of nitrogens with one attached hydrogen (secondary N) is 2. The van der Waals surface area contributed by atoms with Crippen molar-refractivity contribution in [3.63, 3.8) is 0 Å². The van der Waals surface area contributed by atoms with Gasteiger partial charge in [-0.15, -0.1) is 11.3 Å². The molecule has 2 N–H and O–H groups in total. The van der Waals surface area contributed by atoms with Gasteiger partial charge in [0.25, 0.3) is 0 Å². The van der Waals surface area contributed by atoms with Crippen LogP contribution in [0.2, 0.25) is 0 Å². The van der Waals surface area contributed by atoms with Gasteiger partial charge in [0.2, 0.25) is 0 Å². The highest BCUT2D eigenvalue weighted by molar-refractivity contribution is 7.09. The Bertz CT molecular complexity index is 674. The lowest BCUT2D eigenvalue weighted by Crippen LogP contribution is -2.36. The van der Waals surface area contributed by atoms with Crippen molar-refractivity contribution in [3.05, 3.63) is 57.5 Å². The van der Waals surface area contributed by atoms with Crippen LogP contribution in [0.3, 0.4) is 0 Å². The van der Waals surface area contributed by atoms with E-state index in [1.165, 1.54) is 23.1 Å². The van der Waals surface area contributed by atoms with Crippen molar-refractivity contribution in [2.75, 3.05) is 6.54 Å². The van der Waals surface area contributed by atoms with Crippen LogP contribution in [0.5, 0.6) is 0 Å². The zero-order valence-electron chi connectivity index (χ0n) is 12.3. The first kappa shape index (κ1) is 16.0. The van der Waals surface area contributed by atoms with Gasteiger partial charge in [0.05, 0.1) is 24.7 Å². The van der Waals surface area contributed by atoms with Gasteiger partial charge in [0.1, 0.15) is 5.82 Å². The zero-order valence-corrected chi connectivity index (χ0v) is 13.1. The number of hydrogen-bond donors (Lipinski definition) is 2. The first-order valence-electron chi connectivity index (χ1n) is 6.96. The summed E-state index contributed by atoms with van der Waals surface area (Å²) in [5.74, 6) is 0.273. The van der Waals surface area contributed by atoms with Crippen molar-refractivity contribution in [3.8, 4) is 6.07 Å². The third-order valence-corrected chi connectivity index (χ3v) is 3.81. The molecule has 0 spiro atoms. The Kier molecular flexibility index (Phi) is 5.92. The van der Waals surface area contributed by atoms with Gasteiger partial charge >= 0.3 is 0 Å². The molecule has 0 atom stereocenters. The van der Waals surface area contributed by atoms with E-state index in [9.17, 15) is 4.39 Å². The smallest absolute Gasteiger partial charge is 0.191 e. The second kappa shape index (κ2) is 8.15. The first-order chi connectivity index (χ1) is 10.7. The summed E-state index contributed by atoms with van der Waals surface area (Å²) in [5, 5.41) is 17.2. The van der Waals surface area contributed by atoms with Crippen molar-refractivity contribution < 1.29 is 4.39 Å². The number of thiophene rings is 1. The predicted octanol–water partition coefficient (Wildman–Crippen LogP) is 3.01. The molecule has 0 bridgehead atoms. The maximum Gasteiger partial charge on any atom is 0.191 e. The molecule has 6 heteroatoms. The molecule has 4 nitrogen and oxygen atoms in total. The van der Waals surface area contributed by atoms with Gasteiger partial charge in [-0.3, -0.25) is 0 Å². The van der Waals surface area contributed by atoms with Crippen LogP contribution in [0.15, 0.2) is 40.7 Å². The van der Waals surface area contributed by atoms with Crippen LogP contribution < -0.4 is 10.6 Å². The summed E-state index contributed by atoms with van der Waals surface area (Å²) < 4.78 is 13.7.